The molecule has 0 unspecified atom stereocenters. The molecule has 3 amide bonds. The van der Waals surface area contributed by atoms with Gasteiger partial charge in [-0.25, -0.2) is 0 Å². The molecule has 1 heterocycles. The lowest BCUT2D eigenvalue weighted by Crippen LogP contribution is -2.41. The zero-order valence-electron chi connectivity index (χ0n) is 14.2. The standard InChI is InChI=1S/C19H13Cl2N3O4/c20-12-6-7-14(15(21)10-12)18(26)24-23-17(25)11-3-1-4-13(9-11)22-19(27)16-5-2-8-28-16/h1-10H,(H,22,27)(H,23,25)(H,24,26). The molecule has 0 fully saturated rings. The normalized spacial score (nSPS) is 10.2. The molecule has 3 N–H and O–H groups in total. The lowest BCUT2D eigenvalue weighted by atomic mass is 10.2. The minimum atomic E-state index is -0.600. The summed E-state index contributed by atoms with van der Waals surface area (Å²) < 4.78 is 5.01. The summed E-state index contributed by atoms with van der Waals surface area (Å²) in [6, 6.07) is 13.7. The van der Waals surface area contributed by atoms with E-state index >= 15 is 0 Å². The molecule has 7 nitrogen and oxygen atoms in total. The highest BCUT2D eigenvalue weighted by Crippen LogP contribution is 2.20. The van der Waals surface area contributed by atoms with Crippen LogP contribution in [0.15, 0.2) is 65.3 Å². The minimum absolute atomic E-state index is 0.141. The van der Waals surface area contributed by atoms with Gasteiger partial charge >= 0.3 is 0 Å². The summed E-state index contributed by atoms with van der Waals surface area (Å²) in [6.45, 7) is 0. The quantitative estimate of drug-likeness (QED) is 0.560. The maximum Gasteiger partial charge on any atom is 0.291 e. The van der Waals surface area contributed by atoms with Crippen molar-refractivity contribution in [3.63, 3.8) is 0 Å². The second-order valence-corrected chi connectivity index (χ2v) is 6.39. The number of carbonyl (C=O) groups is 3. The molecule has 28 heavy (non-hydrogen) atoms. The van der Waals surface area contributed by atoms with Crippen molar-refractivity contribution < 1.29 is 18.8 Å². The Morgan fingerprint density at radius 2 is 1.61 bits per heavy atom. The number of amides is 3. The van der Waals surface area contributed by atoms with Crippen LogP contribution in [0.4, 0.5) is 5.69 Å². The van der Waals surface area contributed by atoms with Crippen LogP contribution in [-0.2, 0) is 0 Å². The largest absolute Gasteiger partial charge is 0.459 e. The van der Waals surface area contributed by atoms with E-state index in [9.17, 15) is 14.4 Å². The van der Waals surface area contributed by atoms with Crippen LogP contribution in [0.25, 0.3) is 0 Å². The van der Waals surface area contributed by atoms with Gasteiger partial charge in [0.15, 0.2) is 5.76 Å². The van der Waals surface area contributed by atoms with Gasteiger partial charge in [-0.15, -0.1) is 0 Å². The Morgan fingerprint density at radius 1 is 0.821 bits per heavy atom. The second kappa shape index (κ2) is 8.60. The number of nitrogens with one attached hydrogen (secondary N) is 3. The number of benzene rings is 2. The van der Waals surface area contributed by atoms with Gasteiger partial charge in [-0.2, -0.15) is 0 Å². The molecule has 0 spiro atoms. The summed E-state index contributed by atoms with van der Waals surface area (Å²) in [5.41, 5.74) is 5.33. The SMILES string of the molecule is O=C(NNC(=O)c1ccc(Cl)cc1Cl)c1cccc(NC(=O)c2ccco2)c1. The van der Waals surface area contributed by atoms with E-state index in [2.05, 4.69) is 16.2 Å². The van der Waals surface area contributed by atoms with E-state index < -0.39 is 17.7 Å². The maximum atomic E-state index is 12.3. The monoisotopic (exact) mass is 417 g/mol. The van der Waals surface area contributed by atoms with Crippen molar-refractivity contribution in [3.05, 3.63) is 87.8 Å². The third kappa shape index (κ3) is 4.70. The summed E-state index contributed by atoms with van der Waals surface area (Å²) >= 11 is 11.8. The van der Waals surface area contributed by atoms with Crippen molar-refractivity contribution in [1.29, 1.82) is 0 Å². The van der Waals surface area contributed by atoms with Crippen LogP contribution in [0.3, 0.4) is 0 Å². The molecule has 1 aromatic heterocycles. The number of hydrazine groups is 1. The Bertz CT molecular complexity index is 1040. The van der Waals surface area contributed by atoms with E-state index in [0.29, 0.717) is 10.7 Å². The molecule has 0 bridgehead atoms. The van der Waals surface area contributed by atoms with E-state index in [1.165, 1.54) is 42.7 Å². The number of rotatable bonds is 4. The van der Waals surface area contributed by atoms with Gasteiger partial charge in [0.1, 0.15) is 0 Å². The molecule has 0 saturated heterocycles. The van der Waals surface area contributed by atoms with Crippen molar-refractivity contribution >= 4 is 46.6 Å². The summed E-state index contributed by atoms with van der Waals surface area (Å²) in [4.78, 5) is 36.4. The van der Waals surface area contributed by atoms with Crippen LogP contribution in [0.2, 0.25) is 10.0 Å². The van der Waals surface area contributed by atoms with Crippen LogP contribution >= 0.6 is 23.2 Å². The molecule has 0 saturated carbocycles. The minimum Gasteiger partial charge on any atom is -0.459 e. The molecule has 9 heteroatoms. The highest BCUT2D eigenvalue weighted by molar-refractivity contribution is 6.36. The molecular formula is C19H13Cl2N3O4. The highest BCUT2D eigenvalue weighted by Gasteiger charge is 2.14. The van der Waals surface area contributed by atoms with Gasteiger partial charge in [0.2, 0.25) is 0 Å². The van der Waals surface area contributed by atoms with Gasteiger partial charge in [-0.05, 0) is 48.5 Å². The Labute approximate surface area is 169 Å². The molecular weight excluding hydrogens is 405 g/mol. The summed E-state index contributed by atoms with van der Waals surface area (Å²) in [5, 5.41) is 3.16. The van der Waals surface area contributed by atoms with Gasteiger partial charge in [0.05, 0.1) is 16.8 Å². The molecule has 0 radical (unpaired) electrons. The average molecular weight is 418 g/mol. The number of halogens is 2. The van der Waals surface area contributed by atoms with Crippen LogP contribution in [0.1, 0.15) is 31.3 Å². The van der Waals surface area contributed by atoms with Gasteiger partial charge in [0, 0.05) is 16.3 Å². The predicted octanol–water partition coefficient (Wildman–Crippen LogP) is 3.91. The Morgan fingerprint density at radius 3 is 2.32 bits per heavy atom. The Kier molecular flexibility index (Phi) is 5.98. The van der Waals surface area contributed by atoms with Gasteiger partial charge in [0.25, 0.3) is 17.7 Å². The first-order valence-electron chi connectivity index (χ1n) is 7.94. The van der Waals surface area contributed by atoms with Crippen molar-refractivity contribution in [2.24, 2.45) is 0 Å². The first-order valence-corrected chi connectivity index (χ1v) is 8.70. The lowest BCUT2D eigenvalue weighted by Gasteiger charge is -2.10. The van der Waals surface area contributed by atoms with Crippen LogP contribution in [0.5, 0.6) is 0 Å². The topological polar surface area (TPSA) is 100 Å². The fourth-order valence-electron chi connectivity index (χ4n) is 2.27. The second-order valence-electron chi connectivity index (χ2n) is 5.54. The number of anilines is 1. The number of hydrogen-bond acceptors (Lipinski definition) is 4. The number of hydrogen-bond donors (Lipinski definition) is 3. The van der Waals surface area contributed by atoms with Crippen molar-refractivity contribution in [3.8, 4) is 0 Å². The smallest absolute Gasteiger partial charge is 0.291 e. The summed E-state index contributed by atoms with van der Waals surface area (Å²) in [5.74, 6) is -1.49. The predicted molar refractivity (Wildman–Crippen MR) is 104 cm³/mol. The van der Waals surface area contributed by atoms with E-state index in [0.717, 1.165) is 0 Å². The molecule has 2 aromatic carbocycles. The molecule has 0 aliphatic rings. The molecule has 142 valence electrons. The lowest BCUT2D eigenvalue weighted by molar-refractivity contribution is 0.0847. The number of furan rings is 1. The van der Waals surface area contributed by atoms with Crippen molar-refractivity contribution in [2.75, 3.05) is 5.32 Å². The first-order chi connectivity index (χ1) is 13.4. The molecule has 0 aliphatic heterocycles. The Balaban J connectivity index is 1.63. The Hall–Kier alpha value is -3.29. The summed E-state index contributed by atoms with van der Waals surface area (Å²) in [7, 11) is 0. The van der Waals surface area contributed by atoms with E-state index in [4.69, 9.17) is 27.6 Å². The maximum absolute atomic E-state index is 12.3. The fourth-order valence-corrected chi connectivity index (χ4v) is 2.76. The molecule has 0 aliphatic carbocycles. The van der Waals surface area contributed by atoms with Crippen LogP contribution < -0.4 is 16.2 Å². The molecule has 0 atom stereocenters. The third-order valence-electron chi connectivity index (χ3n) is 3.59. The van der Waals surface area contributed by atoms with E-state index in [1.807, 2.05) is 0 Å². The van der Waals surface area contributed by atoms with Crippen molar-refractivity contribution in [2.45, 2.75) is 0 Å². The average Bonchev–Trinajstić information content (AvgIpc) is 3.21. The van der Waals surface area contributed by atoms with Gasteiger partial charge in [-0.3, -0.25) is 25.2 Å². The van der Waals surface area contributed by atoms with Crippen molar-refractivity contribution in [1.82, 2.24) is 10.9 Å². The number of carbonyl (C=O) groups excluding carboxylic acids is 3. The zero-order chi connectivity index (χ0) is 20.1. The summed E-state index contributed by atoms with van der Waals surface area (Å²) in [6.07, 6.45) is 1.38. The first kappa shape index (κ1) is 19.5. The van der Waals surface area contributed by atoms with E-state index in [-0.39, 0.29) is 21.9 Å². The molecule has 3 aromatic rings. The van der Waals surface area contributed by atoms with Crippen LogP contribution in [-0.4, -0.2) is 17.7 Å². The zero-order valence-corrected chi connectivity index (χ0v) is 15.7. The van der Waals surface area contributed by atoms with Gasteiger partial charge < -0.3 is 9.73 Å². The molecule has 3 rings (SSSR count). The van der Waals surface area contributed by atoms with E-state index in [1.54, 1.807) is 18.2 Å². The highest BCUT2D eigenvalue weighted by atomic mass is 35.5. The fraction of sp³-hybridized carbons (Fsp3) is 0. The van der Waals surface area contributed by atoms with Crippen LogP contribution in [0, 0.1) is 0 Å². The third-order valence-corrected chi connectivity index (χ3v) is 4.14. The van der Waals surface area contributed by atoms with Gasteiger partial charge in [-0.1, -0.05) is 29.3 Å².